The Balaban J connectivity index is 2.04. The summed E-state index contributed by atoms with van der Waals surface area (Å²) in [5, 5.41) is 7.43. The molecule has 16 heavy (non-hydrogen) atoms. The first-order chi connectivity index (χ1) is 7.70. The van der Waals surface area contributed by atoms with Crippen LogP contribution in [0.3, 0.4) is 0 Å². The van der Waals surface area contributed by atoms with Crippen LogP contribution in [-0.4, -0.2) is 28.9 Å². The average molecular weight is 226 g/mol. The number of nitrogens with zero attached hydrogens (tertiary/aromatic N) is 2. The summed E-state index contributed by atoms with van der Waals surface area (Å²) in [5.74, 6) is -0.347. The Morgan fingerprint density at radius 1 is 1.50 bits per heavy atom. The van der Waals surface area contributed by atoms with Crippen molar-refractivity contribution in [2.24, 2.45) is 0 Å². The van der Waals surface area contributed by atoms with Crippen LogP contribution in [0, 0.1) is 0 Å². The minimum Gasteiger partial charge on any atom is -0.459 e. The van der Waals surface area contributed by atoms with Gasteiger partial charge in [0.1, 0.15) is 6.10 Å². The number of hydrogen-bond acceptors (Lipinski definition) is 6. The molecular weight excluding hydrogens is 212 g/mol. The SMILES string of the molecule is CCOC(=O)c1nnc(C2CCC(C)O2)o1. The lowest BCUT2D eigenvalue weighted by molar-refractivity contribution is 0.0348. The zero-order chi connectivity index (χ0) is 11.5. The molecule has 0 radical (unpaired) electrons. The van der Waals surface area contributed by atoms with Gasteiger partial charge in [0.25, 0.3) is 0 Å². The minimum absolute atomic E-state index is 0.111. The maximum Gasteiger partial charge on any atom is 0.396 e. The molecule has 2 atom stereocenters. The fourth-order valence-corrected chi connectivity index (χ4v) is 1.62. The molecule has 88 valence electrons. The third-order valence-corrected chi connectivity index (χ3v) is 2.40. The Morgan fingerprint density at radius 2 is 2.31 bits per heavy atom. The van der Waals surface area contributed by atoms with E-state index in [1.807, 2.05) is 6.92 Å². The number of carbonyl (C=O) groups excluding carboxylic acids is 1. The first-order valence-corrected chi connectivity index (χ1v) is 5.36. The molecule has 1 aromatic rings. The molecule has 0 bridgehead atoms. The fourth-order valence-electron chi connectivity index (χ4n) is 1.62. The van der Waals surface area contributed by atoms with Crippen molar-refractivity contribution < 1.29 is 18.7 Å². The highest BCUT2D eigenvalue weighted by atomic mass is 16.6. The van der Waals surface area contributed by atoms with Crippen LogP contribution in [0.15, 0.2) is 4.42 Å². The van der Waals surface area contributed by atoms with E-state index in [0.29, 0.717) is 5.89 Å². The Kier molecular flexibility index (Phi) is 3.19. The van der Waals surface area contributed by atoms with Crippen LogP contribution >= 0.6 is 0 Å². The highest BCUT2D eigenvalue weighted by molar-refractivity contribution is 5.83. The van der Waals surface area contributed by atoms with Crippen molar-refractivity contribution >= 4 is 5.97 Å². The Morgan fingerprint density at radius 3 is 2.94 bits per heavy atom. The number of hydrogen-bond donors (Lipinski definition) is 0. The molecule has 0 N–H and O–H groups in total. The average Bonchev–Trinajstić information content (AvgIpc) is 2.85. The second-order valence-electron chi connectivity index (χ2n) is 3.68. The molecule has 1 aliphatic rings. The first-order valence-electron chi connectivity index (χ1n) is 5.36. The van der Waals surface area contributed by atoms with Crippen LogP contribution in [0.25, 0.3) is 0 Å². The van der Waals surface area contributed by atoms with Gasteiger partial charge in [0.2, 0.25) is 5.89 Å². The maximum atomic E-state index is 11.3. The molecule has 0 saturated carbocycles. The predicted molar refractivity (Wildman–Crippen MR) is 52.8 cm³/mol. The highest BCUT2D eigenvalue weighted by Crippen LogP contribution is 2.31. The van der Waals surface area contributed by atoms with Gasteiger partial charge in [-0.25, -0.2) is 4.79 Å². The summed E-state index contributed by atoms with van der Waals surface area (Å²) in [4.78, 5) is 11.3. The third kappa shape index (κ3) is 2.21. The van der Waals surface area contributed by atoms with E-state index in [2.05, 4.69) is 10.2 Å². The second kappa shape index (κ2) is 4.61. The Labute approximate surface area is 92.9 Å². The Hall–Kier alpha value is -1.43. The van der Waals surface area contributed by atoms with E-state index in [-0.39, 0.29) is 24.7 Å². The van der Waals surface area contributed by atoms with E-state index in [9.17, 15) is 4.79 Å². The van der Waals surface area contributed by atoms with E-state index in [4.69, 9.17) is 13.9 Å². The van der Waals surface area contributed by atoms with Crippen molar-refractivity contribution in [3.05, 3.63) is 11.8 Å². The topological polar surface area (TPSA) is 74.5 Å². The highest BCUT2D eigenvalue weighted by Gasteiger charge is 2.29. The van der Waals surface area contributed by atoms with E-state index in [1.165, 1.54) is 0 Å². The number of aromatic nitrogens is 2. The smallest absolute Gasteiger partial charge is 0.396 e. The Bertz CT molecular complexity index is 377. The molecule has 1 fully saturated rings. The van der Waals surface area contributed by atoms with Crippen molar-refractivity contribution in [3.8, 4) is 0 Å². The molecule has 0 spiro atoms. The molecule has 6 nitrogen and oxygen atoms in total. The number of esters is 1. The fraction of sp³-hybridized carbons (Fsp3) is 0.700. The first kappa shape index (κ1) is 11.1. The largest absolute Gasteiger partial charge is 0.459 e. The van der Waals surface area contributed by atoms with Gasteiger partial charge in [-0.2, -0.15) is 0 Å². The van der Waals surface area contributed by atoms with Gasteiger partial charge < -0.3 is 13.9 Å². The van der Waals surface area contributed by atoms with Crippen molar-refractivity contribution in [1.82, 2.24) is 10.2 Å². The molecule has 0 aromatic carbocycles. The molecule has 6 heteroatoms. The van der Waals surface area contributed by atoms with Crippen molar-refractivity contribution in [2.45, 2.75) is 38.9 Å². The van der Waals surface area contributed by atoms with E-state index >= 15 is 0 Å². The number of ether oxygens (including phenoxy) is 2. The molecule has 2 heterocycles. The lowest BCUT2D eigenvalue weighted by atomic mass is 10.2. The summed E-state index contributed by atoms with van der Waals surface area (Å²) in [6, 6.07) is 0. The summed E-state index contributed by atoms with van der Waals surface area (Å²) in [5.41, 5.74) is 0. The zero-order valence-electron chi connectivity index (χ0n) is 9.30. The van der Waals surface area contributed by atoms with Crippen LogP contribution in [0.2, 0.25) is 0 Å². The van der Waals surface area contributed by atoms with Gasteiger partial charge in [0, 0.05) is 0 Å². The van der Waals surface area contributed by atoms with E-state index < -0.39 is 5.97 Å². The van der Waals surface area contributed by atoms with Crippen molar-refractivity contribution in [3.63, 3.8) is 0 Å². The monoisotopic (exact) mass is 226 g/mol. The summed E-state index contributed by atoms with van der Waals surface area (Å²) in [7, 11) is 0. The van der Waals surface area contributed by atoms with Crippen LogP contribution in [0.5, 0.6) is 0 Å². The molecule has 1 saturated heterocycles. The van der Waals surface area contributed by atoms with Gasteiger partial charge in [-0.3, -0.25) is 0 Å². The predicted octanol–water partition coefficient (Wildman–Crippen LogP) is 1.49. The lowest BCUT2D eigenvalue weighted by Gasteiger charge is -2.04. The van der Waals surface area contributed by atoms with Gasteiger partial charge in [-0.15, -0.1) is 10.2 Å². The van der Waals surface area contributed by atoms with Crippen molar-refractivity contribution in [1.29, 1.82) is 0 Å². The van der Waals surface area contributed by atoms with Gasteiger partial charge in [0.05, 0.1) is 12.7 Å². The minimum atomic E-state index is -0.590. The van der Waals surface area contributed by atoms with E-state index in [1.54, 1.807) is 6.92 Å². The molecule has 0 aliphatic carbocycles. The quantitative estimate of drug-likeness (QED) is 0.727. The zero-order valence-corrected chi connectivity index (χ0v) is 9.30. The van der Waals surface area contributed by atoms with Gasteiger partial charge in [-0.05, 0) is 26.7 Å². The van der Waals surface area contributed by atoms with Gasteiger partial charge in [-0.1, -0.05) is 0 Å². The van der Waals surface area contributed by atoms with E-state index in [0.717, 1.165) is 12.8 Å². The summed E-state index contributed by atoms with van der Waals surface area (Å²) < 4.78 is 15.5. The molecule has 2 rings (SSSR count). The van der Waals surface area contributed by atoms with Crippen LogP contribution in [0.4, 0.5) is 0 Å². The summed E-state index contributed by atoms with van der Waals surface area (Å²) >= 11 is 0. The standard InChI is InChI=1S/C10H14N2O4/c1-3-14-10(13)9-12-11-8(16-9)7-5-4-6(2)15-7/h6-7H,3-5H2,1-2H3. The van der Waals surface area contributed by atoms with Crippen molar-refractivity contribution in [2.75, 3.05) is 6.61 Å². The summed E-state index contributed by atoms with van der Waals surface area (Å²) in [6.45, 7) is 3.99. The van der Waals surface area contributed by atoms with Gasteiger partial charge >= 0.3 is 11.9 Å². The maximum absolute atomic E-state index is 11.3. The third-order valence-electron chi connectivity index (χ3n) is 2.40. The van der Waals surface area contributed by atoms with Crippen LogP contribution in [0.1, 0.15) is 49.4 Å². The van der Waals surface area contributed by atoms with Crippen LogP contribution in [-0.2, 0) is 9.47 Å². The normalized spacial score (nSPS) is 24.6. The molecule has 0 amide bonds. The molecule has 1 aromatic heterocycles. The molecule has 1 aliphatic heterocycles. The summed E-state index contributed by atoms with van der Waals surface area (Å²) in [6.07, 6.45) is 1.81. The lowest BCUT2D eigenvalue weighted by Crippen LogP contribution is -2.04. The second-order valence-corrected chi connectivity index (χ2v) is 3.68. The number of carbonyl (C=O) groups is 1. The molecule has 2 unspecified atom stereocenters. The van der Waals surface area contributed by atoms with Gasteiger partial charge in [0.15, 0.2) is 0 Å². The van der Waals surface area contributed by atoms with Crippen LogP contribution < -0.4 is 0 Å². The molecular formula is C10H14N2O4. The number of rotatable bonds is 3.